The van der Waals surface area contributed by atoms with Gasteiger partial charge in [-0.2, -0.15) is 13.2 Å². The molecule has 1 rings (SSSR count). The highest BCUT2D eigenvalue weighted by Crippen LogP contribution is 2.13. The molecule has 0 aliphatic rings. The summed E-state index contributed by atoms with van der Waals surface area (Å²) in [5.74, 6) is -3.51. The zero-order chi connectivity index (χ0) is 17.2. The van der Waals surface area contributed by atoms with Gasteiger partial charge in [0.05, 0.1) is 0 Å². The number of rotatable bonds is 6. The number of hydrogen-bond acceptors (Lipinski definition) is 3. The Morgan fingerprint density at radius 1 is 1.14 bits per heavy atom. The molecule has 0 aliphatic heterocycles. The lowest BCUT2D eigenvalue weighted by Crippen LogP contribution is -2.22. The molecule has 4 N–H and O–H groups in total. The number of carbonyl (C=O) groups is 2. The summed E-state index contributed by atoms with van der Waals surface area (Å²) in [5, 5.41) is 15.6. The monoisotopic (exact) mass is 321 g/mol. The maximum absolute atomic E-state index is 10.6. The number of carboxylic acids is 2. The molecule has 1 aromatic rings. The van der Waals surface area contributed by atoms with Gasteiger partial charge in [-0.15, -0.1) is 0 Å². The van der Waals surface area contributed by atoms with Gasteiger partial charge < -0.3 is 15.9 Å². The predicted octanol–water partition coefficient (Wildman–Crippen LogP) is 2.44. The number of carboxylic acid groups (broad SMARTS) is 2. The largest absolute Gasteiger partial charge is 0.490 e. The zero-order valence-electron chi connectivity index (χ0n) is 11.7. The number of alkyl halides is 3. The first kappa shape index (κ1) is 19.9. The molecule has 1 aromatic carbocycles. The molecule has 0 saturated heterocycles. The molecule has 0 unspecified atom stereocenters. The average Bonchev–Trinajstić information content (AvgIpc) is 2.39. The van der Waals surface area contributed by atoms with Gasteiger partial charge in [0.25, 0.3) is 0 Å². The van der Waals surface area contributed by atoms with Crippen LogP contribution >= 0.6 is 0 Å². The summed E-state index contributed by atoms with van der Waals surface area (Å²) < 4.78 is 31.7. The van der Waals surface area contributed by atoms with Crippen molar-refractivity contribution in [2.24, 2.45) is 5.73 Å². The van der Waals surface area contributed by atoms with Crippen LogP contribution in [0.25, 0.3) is 0 Å². The van der Waals surface area contributed by atoms with E-state index in [1.165, 1.54) is 5.56 Å². The van der Waals surface area contributed by atoms with Crippen LogP contribution in [0.5, 0.6) is 0 Å². The number of hydrogen-bond donors (Lipinski definition) is 3. The summed E-state index contributed by atoms with van der Waals surface area (Å²) in [7, 11) is 0. The summed E-state index contributed by atoms with van der Waals surface area (Å²) in [5.41, 5.74) is 7.11. The Labute approximate surface area is 125 Å². The topological polar surface area (TPSA) is 101 Å². The van der Waals surface area contributed by atoms with Gasteiger partial charge in [-0.25, -0.2) is 4.79 Å². The van der Waals surface area contributed by atoms with Gasteiger partial charge in [0.15, 0.2) is 0 Å². The van der Waals surface area contributed by atoms with Crippen LogP contribution in [0.1, 0.15) is 24.8 Å². The number of nitrogens with two attached hydrogens (primary N) is 1. The third-order valence-corrected chi connectivity index (χ3v) is 2.55. The normalized spacial score (nSPS) is 12.0. The van der Waals surface area contributed by atoms with Crippen molar-refractivity contribution in [1.82, 2.24) is 0 Å². The van der Waals surface area contributed by atoms with Crippen molar-refractivity contribution in [3.8, 4) is 0 Å². The Hall–Kier alpha value is -2.09. The number of aliphatic carboxylic acids is 2. The fourth-order valence-corrected chi connectivity index (χ4v) is 1.53. The maximum atomic E-state index is 10.6. The summed E-state index contributed by atoms with van der Waals surface area (Å²) in [6.45, 7) is 0. The third-order valence-electron chi connectivity index (χ3n) is 2.55. The van der Waals surface area contributed by atoms with E-state index in [4.69, 9.17) is 20.7 Å². The van der Waals surface area contributed by atoms with Crippen LogP contribution in [-0.2, 0) is 16.0 Å². The molecule has 124 valence electrons. The van der Waals surface area contributed by atoms with Crippen molar-refractivity contribution in [1.29, 1.82) is 0 Å². The van der Waals surface area contributed by atoms with Crippen LogP contribution in [0.3, 0.4) is 0 Å². The Bertz CT molecular complexity index is 463. The van der Waals surface area contributed by atoms with Crippen LogP contribution in [0.4, 0.5) is 13.2 Å². The van der Waals surface area contributed by atoms with Gasteiger partial charge in [0, 0.05) is 12.5 Å². The third kappa shape index (κ3) is 10.7. The van der Waals surface area contributed by atoms with E-state index >= 15 is 0 Å². The minimum absolute atomic E-state index is 0.0618. The summed E-state index contributed by atoms with van der Waals surface area (Å²) in [6, 6.07) is 10.1. The Balaban J connectivity index is 0.000000534. The van der Waals surface area contributed by atoms with Crippen molar-refractivity contribution in [3.63, 3.8) is 0 Å². The molecule has 0 fully saturated rings. The maximum Gasteiger partial charge on any atom is 0.490 e. The minimum Gasteiger partial charge on any atom is -0.481 e. The van der Waals surface area contributed by atoms with Gasteiger partial charge in [0.2, 0.25) is 0 Å². The first-order chi connectivity index (χ1) is 10.1. The van der Waals surface area contributed by atoms with Crippen molar-refractivity contribution in [2.45, 2.75) is 37.9 Å². The second kappa shape index (κ2) is 9.78. The fourth-order valence-electron chi connectivity index (χ4n) is 1.53. The van der Waals surface area contributed by atoms with Gasteiger partial charge in [-0.3, -0.25) is 4.79 Å². The summed E-state index contributed by atoms with van der Waals surface area (Å²) >= 11 is 0. The Morgan fingerprint density at radius 2 is 1.64 bits per heavy atom. The van der Waals surface area contributed by atoms with E-state index in [0.29, 0.717) is 6.42 Å². The van der Waals surface area contributed by atoms with Crippen molar-refractivity contribution < 1.29 is 33.0 Å². The van der Waals surface area contributed by atoms with Crippen LogP contribution < -0.4 is 5.73 Å². The highest BCUT2D eigenvalue weighted by molar-refractivity contribution is 5.73. The van der Waals surface area contributed by atoms with Crippen LogP contribution in [0.15, 0.2) is 30.3 Å². The van der Waals surface area contributed by atoms with Crippen LogP contribution in [0.2, 0.25) is 0 Å². The minimum atomic E-state index is -5.08. The van der Waals surface area contributed by atoms with E-state index in [-0.39, 0.29) is 12.5 Å². The molecule has 0 aliphatic carbocycles. The van der Waals surface area contributed by atoms with E-state index in [1.54, 1.807) is 0 Å². The molecule has 0 amide bonds. The smallest absolute Gasteiger partial charge is 0.481 e. The fraction of sp³-hybridized carbons (Fsp3) is 0.429. The zero-order valence-corrected chi connectivity index (χ0v) is 11.7. The molecule has 1 atom stereocenters. The lowest BCUT2D eigenvalue weighted by molar-refractivity contribution is -0.192. The van der Waals surface area contributed by atoms with Gasteiger partial charge in [-0.05, 0) is 24.8 Å². The second-order valence-corrected chi connectivity index (χ2v) is 4.54. The van der Waals surface area contributed by atoms with E-state index in [1.807, 2.05) is 30.3 Å². The molecule has 0 radical (unpaired) electrons. The summed E-state index contributed by atoms with van der Waals surface area (Å²) in [6.07, 6.45) is -2.63. The number of benzene rings is 1. The first-order valence-corrected chi connectivity index (χ1v) is 6.44. The molecule has 0 saturated carbocycles. The molecular weight excluding hydrogens is 303 g/mol. The van der Waals surface area contributed by atoms with Crippen LogP contribution in [-0.4, -0.2) is 34.4 Å². The number of halogens is 3. The van der Waals surface area contributed by atoms with E-state index in [2.05, 4.69) is 0 Å². The highest BCUT2D eigenvalue weighted by atomic mass is 19.4. The Kier molecular flexibility index (Phi) is 8.85. The molecule has 0 heterocycles. The van der Waals surface area contributed by atoms with E-state index in [9.17, 15) is 18.0 Å². The molecular formula is C14H18F3NO4. The van der Waals surface area contributed by atoms with E-state index in [0.717, 1.165) is 12.8 Å². The molecule has 5 nitrogen and oxygen atoms in total. The second-order valence-electron chi connectivity index (χ2n) is 4.54. The van der Waals surface area contributed by atoms with E-state index < -0.39 is 18.1 Å². The van der Waals surface area contributed by atoms with Gasteiger partial charge in [0.1, 0.15) is 0 Å². The standard InChI is InChI=1S/C12H17NO2.C2HF3O2/c13-11(7-4-8-12(14)15)9-10-5-2-1-3-6-10;3-2(4,5)1(6)7/h1-3,5-6,11H,4,7-9,13H2,(H,14,15);(H,6,7)/t11-;/m1./s1. The lowest BCUT2D eigenvalue weighted by Gasteiger charge is -2.10. The highest BCUT2D eigenvalue weighted by Gasteiger charge is 2.38. The molecule has 0 spiro atoms. The Morgan fingerprint density at radius 3 is 2.05 bits per heavy atom. The van der Waals surface area contributed by atoms with Gasteiger partial charge >= 0.3 is 18.1 Å². The van der Waals surface area contributed by atoms with Crippen molar-refractivity contribution >= 4 is 11.9 Å². The van der Waals surface area contributed by atoms with Crippen LogP contribution in [0, 0.1) is 0 Å². The SMILES string of the molecule is N[C@H](CCCC(=O)O)Cc1ccccc1.O=C(O)C(F)(F)F. The first-order valence-electron chi connectivity index (χ1n) is 6.44. The van der Waals surface area contributed by atoms with Crippen molar-refractivity contribution in [3.05, 3.63) is 35.9 Å². The quantitative estimate of drug-likeness (QED) is 0.747. The lowest BCUT2D eigenvalue weighted by atomic mass is 10.0. The molecule has 0 aromatic heterocycles. The molecule has 8 heteroatoms. The average molecular weight is 321 g/mol. The van der Waals surface area contributed by atoms with Gasteiger partial charge in [-0.1, -0.05) is 30.3 Å². The predicted molar refractivity (Wildman–Crippen MR) is 73.3 cm³/mol. The van der Waals surface area contributed by atoms with Crippen molar-refractivity contribution in [2.75, 3.05) is 0 Å². The molecule has 0 bridgehead atoms. The summed E-state index contributed by atoms with van der Waals surface area (Å²) in [4.78, 5) is 19.2. The molecule has 22 heavy (non-hydrogen) atoms.